The highest BCUT2D eigenvalue weighted by atomic mass is 16.5. The first-order chi connectivity index (χ1) is 18.0. The number of fused-ring (bicyclic) bond motifs is 1. The van der Waals surface area contributed by atoms with Crippen molar-refractivity contribution in [2.24, 2.45) is 0 Å². The molecule has 188 valence electrons. The summed E-state index contributed by atoms with van der Waals surface area (Å²) in [4.78, 5) is 27.7. The summed E-state index contributed by atoms with van der Waals surface area (Å²) in [5.41, 5.74) is 5.81. The van der Waals surface area contributed by atoms with Crippen molar-refractivity contribution in [3.05, 3.63) is 94.7 Å². The van der Waals surface area contributed by atoms with E-state index in [0.29, 0.717) is 34.1 Å². The number of anilines is 1. The standard InChI is InChI=1S/C29H27N3O5/c1-5-37-29(34)19-10-13-21(14-11-19)32-27(20-12-15-22(35-3)23(16-20)36-4)24-25(30-31-26(24)28(32)33)18-8-6-17(2)7-9-18/h6-16,27H,5H2,1-4H3,(H,30,31)/t27-/m0/s1. The number of carbonyl (C=O) groups is 2. The largest absolute Gasteiger partial charge is 0.493 e. The first kappa shape index (κ1) is 24.1. The van der Waals surface area contributed by atoms with E-state index in [-0.39, 0.29) is 12.5 Å². The van der Waals surface area contributed by atoms with Crippen LogP contribution < -0.4 is 14.4 Å². The summed E-state index contributed by atoms with van der Waals surface area (Å²) in [5.74, 6) is 0.518. The van der Waals surface area contributed by atoms with Gasteiger partial charge in [-0.1, -0.05) is 35.9 Å². The van der Waals surface area contributed by atoms with Gasteiger partial charge in [-0.05, 0) is 55.8 Å². The Bertz CT molecular complexity index is 1460. The smallest absolute Gasteiger partial charge is 0.338 e. The maximum Gasteiger partial charge on any atom is 0.338 e. The van der Waals surface area contributed by atoms with Crippen LogP contribution in [0.1, 0.15) is 50.5 Å². The molecule has 4 aromatic rings. The molecule has 37 heavy (non-hydrogen) atoms. The Labute approximate surface area is 214 Å². The van der Waals surface area contributed by atoms with Gasteiger partial charge >= 0.3 is 5.97 Å². The molecule has 0 unspecified atom stereocenters. The van der Waals surface area contributed by atoms with Crippen LogP contribution in [0.4, 0.5) is 5.69 Å². The van der Waals surface area contributed by atoms with Gasteiger partial charge in [-0.15, -0.1) is 0 Å². The van der Waals surface area contributed by atoms with Crippen molar-refractivity contribution in [2.75, 3.05) is 25.7 Å². The summed E-state index contributed by atoms with van der Waals surface area (Å²) in [5, 5.41) is 7.51. The lowest BCUT2D eigenvalue weighted by atomic mass is 9.95. The Kier molecular flexibility index (Phi) is 6.40. The molecule has 5 rings (SSSR count). The highest BCUT2D eigenvalue weighted by Gasteiger charge is 2.43. The number of amides is 1. The summed E-state index contributed by atoms with van der Waals surface area (Å²) in [7, 11) is 3.16. The first-order valence-corrected chi connectivity index (χ1v) is 11.9. The van der Waals surface area contributed by atoms with Crippen LogP contribution >= 0.6 is 0 Å². The van der Waals surface area contributed by atoms with Crippen LogP contribution in [0.5, 0.6) is 11.5 Å². The summed E-state index contributed by atoms with van der Waals surface area (Å²) in [6.07, 6.45) is 0. The van der Waals surface area contributed by atoms with Gasteiger partial charge in [0.15, 0.2) is 11.5 Å². The molecular weight excluding hydrogens is 470 g/mol. The molecule has 0 aliphatic carbocycles. The number of nitrogens with one attached hydrogen (secondary N) is 1. The third-order valence-corrected chi connectivity index (χ3v) is 6.47. The molecule has 8 heteroatoms. The number of nitrogens with zero attached hydrogens (tertiary/aromatic N) is 2. The summed E-state index contributed by atoms with van der Waals surface area (Å²) < 4.78 is 16.1. The Balaban J connectivity index is 1.66. The fraction of sp³-hybridized carbons (Fsp3) is 0.207. The van der Waals surface area contributed by atoms with Crippen LogP contribution in [0.25, 0.3) is 11.3 Å². The molecule has 1 N–H and O–H groups in total. The molecular formula is C29H27N3O5. The summed E-state index contributed by atoms with van der Waals surface area (Å²) in [6, 6.07) is 20.0. The molecule has 0 fully saturated rings. The van der Waals surface area contributed by atoms with Crippen LogP contribution in [-0.4, -0.2) is 42.9 Å². The maximum absolute atomic E-state index is 13.8. The molecule has 1 aliphatic heterocycles. The number of hydrogen-bond acceptors (Lipinski definition) is 6. The molecule has 1 aromatic heterocycles. The number of aryl methyl sites for hydroxylation is 1. The lowest BCUT2D eigenvalue weighted by Crippen LogP contribution is -2.29. The highest BCUT2D eigenvalue weighted by Crippen LogP contribution is 2.46. The minimum atomic E-state index is -0.495. The van der Waals surface area contributed by atoms with Crippen LogP contribution in [-0.2, 0) is 4.74 Å². The quantitative estimate of drug-likeness (QED) is 0.347. The van der Waals surface area contributed by atoms with Crippen molar-refractivity contribution >= 4 is 17.6 Å². The van der Waals surface area contributed by atoms with Crippen molar-refractivity contribution in [2.45, 2.75) is 19.9 Å². The van der Waals surface area contributed by atoms with E-state index in [9.17, 15) is 9.59 Å². The van der Waals surface area contributed by atoms with Gasteiger partial charge in [-0.25, -0.2) is 4.79 Å². The van der Waals surface area contributed by atoms with Crippen LogP contribution in [0, 0.1) is 6.92 Å². The van der Waals surface area contributed by atoms with Crippen molar-refractivity contribution in [1.82, 2.24) is 10.2 Å². The van der Waals surface area contributed by atoms with E-state index in [1.807, 2.05) is 49.4 Å². The normalized spacial score (nSPS) is 14.4. The van der Waals surface area contributed by atoms with Gasteiger partial charge in [0.05, 0.1) is 38.1 Å². The van der Waals surface area contributed by atoms with Gasteiger partial charge in [0, 0.05) is 16.8 Å². The predicted molar refractivity (Wildman–Crippen MR) is 139 cm³/mol. The van der Waals surface area contributed by atoms with E-state index in [1.165, 1.54) is 0 Å². The summed E-state index contributed by atoms with van der Waals surface area (Å²) >= 11 is 0. The number of aromatic amines is 1. The number of ether oxygens (including phenoxy) is 3. The van der Waals surface area contributed by atoms with Gasteiger partial charge in [0.25, 0.3) is 5.91 Å². The highest BCUT2D eigenvalue weighted by molar-refractivity contribution is 6.12. The average molecular weight is 498 g/mol. The molecule has 1 aliphatic rings. The number of rotatable bonds is 7. The zero-order valence-electron chi connectivity index (χ0n) is 21.1. The Morgan fingerprint density at radius 1 is 0.973 bits per heavy atom. The zero-order valence-corrected chi connectivity index (χ0v) is 21.1. The third kappa shape index (κ3) is 4.20. The molecule has 1 atom stereocenters. The average Bonchev–Trinajstić information content (AvgIpc) is 3.48. The monoisotopic (exact) mass is 497 g/mol. The lowest BCUT2D eigenvalue weighted by Gasteiger charge is -2.27. The maximum atomic E-state index is 13.8. The van der Waals surface area contributed by atoms with Gasteiger partial charge in [-0.3, -0.25) is 14.8 Å². The van der Waals surface area contributed by atoms with Crippen LogP contribution in [0.3, 0.4) is 0 Å². The molecule has 0 saturated carbocycles. The number of benzene rings is 3. The van der Waals surface area contributed by atoms with Crippen molar-refractivity contribution in [3.8, 4) is 22.8 Å². The van der Waals surface area contributed by atoms with Gasteiger partial charge in [0.1, 0.15) is 5.69 Å². The van der Waals surface area contributed by atoms with Crippen LogP contribution in [0.15, 0.2) is 66.7 Å². The second-order valence-corrected chi connectivity index (χ2v) is 8.69. The number of esters is 1. The number of aromatic nitrogens is 2. The number of H-pyrrole nitrogens is 1. The predicted octanol–water partition coefficient (Wildman–Crippen LogP) is 5.33. The van der Waals surface area contributed by atoms with E-state index in [4.69, 9.17) is 14.2 Å². The van der Waals surface area contributed by atoms with Crippen LogP contribution in [0.2, 0.25) is 0 Å². The minimum absolute atomic E-state index is 0.218. The molecule has 0 saturated heterocycles. The third-order valence-electron chi connectivity index (χ3n) is 6.47. The molecule has 1 amide bonds. The molecule has 2 heterocycles. The molecule has 0 spiro atoms. The number of methoxy groups -OCH3 is 2. The Morgan fingerprint density at radius 2 is 1.68 bits per heavy atom. The van der Waals surface area contributed by atoms with E-state index >= 15 is 0 Å². The number of carbonyl (C=O) groups excluding carboxylic acids is 2. The molecule has 8 nitrogen and oxygen atoms in total. The van der Waals surface area contributed by atoms with E-state index in [0.717, 1.165) is 22.3 Å². The topological polar surface area (TPSA) is 93.8 Å². The van der Waals surface area contributed by atoms with Crippen molar-refractivity contribution < 1.29 is 23.8 Å². The zero-order chi connectivity index (χ0) is 26.1. The van der Waals surface area contributed by atoms with Crippen molar-refractivity contribution in [3.63, 3.8) is 0 Å². The van der Waals surface area contributed by atoms with E-state index in [2.05, 4.69) is 10.2 Å². The molecule has 0 bridgehead atoms. The number of hydrogen-bond donors (Lipinski definition) is 1. The second kappa shape index (κ2) is 9.81. The lowest BCUT2D eigenvalue weighted by molar-refractivity contribution is 0.0526. The SMILES string of the molecule is CCOC(=O)c1ccc(N2C(=O)c3[nH]nc(-c4ccc(C)cc4)c3[C@@H]2c2ccc(OC)c(OC)c2)cc1. The fourth-order valence-corrected chi connectivity index (χ4v) is 4.66. The first-order valence-electron chi connectivity index (χ1n) is 11.9. The fourth-order valence-electron chi connectivity index (χ4n) is 4.66. The van der Waals surface area contributed by atoms with Gasteiger partial charge in [-0.2, -0.15) is 5.10 Å². The second-order valence-electron chi connectivity index (χ2n) is 8.69. The van der Waals surface area contributed by atoms with Gasteiger partial charge in [0.2, 0.25) is 0 Å². The van der Waals surface area contributed by atoms with E-state index < -0.39 is 12.0 Å². The molecule has 0 radical (unpaired) electrons. The Morgan fingerprint density at radius 3 is 2.32 bits per heavy atom. The molecule has 3 aromatic carbocycles. The summed E-state index contributed by atoms with van der Waals surface area (Å²) in [6.45, 7) is 4.07. The van der Waals surface area contributed by atoms with Gasteiger partial charge < -0.3 is 14.2 Å². The minimum Gasteiger partial charge on any atom is -0.493 e. The Hall–Kier alpha value is -4.59. The van der Waals surface area contributed by atoms with E-state index in [1.54, 1.807) is 50.3 Å². The van der Waals surface area contributed by atoms with Crippen molar-refractivity contribution in [1.29, 1.82) is 0 Å².